The van der Waals surface area contributed by atoms with Crippen LogP contribution < -0.4 is 5.32 Å². The van der Waals surface area contributed by atoms with Crippen LogP contribution in [0.4, 0.5) is 15.8 Å². The molecule has 9 heteroatoms. The number of fused-ring (bicyclic) bond motifs is 1. The maximum atomic E-state index is 13.3. The molecule has 26 heavy (non-hydrogen) atoms. The van der Waals surface area contributed by atoms with Crippen LogP contribution in [-0.4, -0.2) is 34.1 Å². The molecule has 2 aromatic rings. The number of anilines is 1. The van der Waals surface area contributed by atoms with Gasteiger partial charge in [0.15, 0.2) is 0 Å². The van der Waals surface area contributed by atoms with E-state index in [-0.39, 0.29) is 22.5 Å². The standard InChI is InChI=1S/C17H12FN3O5/c1-9-2-3-10(18)6-14(9)19-15(22)8-20-16(23)12-5-4-11(21(25)26)7-13(12)17(20)24/h2-7H,8H2,1H3,(H,19,22). The fraction of sp³-hybridized carbons (Fsp3) is 0.118. The number of nitro benzene ring substituents is 1. The maximum Gasteiger partial charge on any atom is 0.270 e. The van der Waals surface area contributed by atoms with Crippen LogP contribution in [0.25, 0.3) is 0 Å². The second-order valence-electron chi connectivity index (χ2n) is 5.69. The molecule has 0 saturated carbocycles. The smallest absolute Gasteiger partial charge is 0.270 e. The van der Waals surface area contributed by atoms with Crippen molar-refractivity contribution in [1.29, 1.82) is 0 Å². The van der Waals surface area contributed by atoms with E-state index in [9.17, 15) is 28.9 Å². The summed E-state index contributed by atoms with van der Waals surface area (Å²) >= 11 is 0. The van der Waals surface area contributed by atoms with Crippen molar-refractivity contribution in [3.05, 3.63) is 69.0 Å². The number of amides is 3. The molecule has 0 saturated heterocycles. The number of hydrogen-bond acceptors (Lipinski definition) is 5. The first-order valence-electron chi connectivity index (χ1n) is 7.48. The Morgan fingerprint density at radius 1 is 1.15 bits per heavy atom. The molecule has 0 bridgehead atoms. The third-order valence-electron chi connectivity index (χ3n) is 3.94. The molecule has 0 radical (unpaired) electrons. The van der Waals surface area contributed by atoms with E-state index in [1.807, 2.05) is 0 Å². The predicted molar refractivity (Wildman–Crippen MR) is 88.2 cm³/mol. The second-order valence-corrected chi connectivity index (χ2v) is 5.69. The minimum absolute atomic E-state index is 0.00432. The number of halogens is 1. The number of imide groups is 1. The van der Waals surface area contributed by atoms with Gasteiger partial charge in [0.1, 0.15) is 12.4 Å². The molecule has 3 rings (SSSR count). The molecule has 3 amide bonds. The van der Waals surface area contributed by atoms with Gasteiger partial charge in [-0.2, -0.15) is 0 Å². The van der Waals surface area contributed by atoms with E-state index in [1.165, 1.54) is 18.2 Å². The van der Waals surface area contributed by atoms with Crippen molar-refractivity contribution in [2.75, 3.05) is 11.9 Å². The first-order chi connectivity index (χ1) is 12.3. The highest BCUT2D eigenvalue weighted by Gasteiger charge is 2.37. The van der Waals surface area contributed by atoms with E-state index in [1.54, 1.807) is 6.92 Å². The number of benzene rings is 2. The summed E-state index contributed by atoms with van der Waals surface area (Å²) in [6, 6.07) is 7.14. The summed E-state index contributed by atoms with van der Waals surface area (Å²) in [5, 5.41) is 13.3. The summed E-state index contributed by atoms with van der Waals surface area (Å²) in [6.07, 6.45) is 0. The van der Waals surface area contributed by atoms with Crippen molar-refractivity contribution < 1.29 is 23.7 Å². The lowest BCUT2D eigenvalue weighted by Gasteiger charge is -2.14. The Bertz CT molecular complexity index is 973. The lowest BCUT2D eigenvalue weighted by molar-refractivity contribution is -0.384. The van der Waals surface area contributed by atoms with Crippen molar-refractivity contribution in [1.82, 2.24) is 4.90 Å². The molecule has 0 aliphatic carbocycles. The number of hydrogen-bond donors (Lipinski definition) is 1. The van der Waals surface area contributed by atoms with Gasteiger partial charge in [-0.25, -0.2) is 4.39 Å². The molecule has 0 spiro atoms. The van der Waals surface area contributed by atoms with Crippen LogP contribution in [0.1, 0.15) is 26.3 Å². The Labute approximate surface area is 146 Å². The zero-order chi connectivity index (χ0) is 19.0. The zero-order valence-electron chi connectivity index (χ0n) is 13.5. The summed E-state index contributed by atoms with van der Waals surface area (Å²) in [5.74, 6) is -2.74. The number of carbonyl (C=O) groups is 3. The lowest BCUT2D eigenvalue weighted by atomic mass is 10.1. The van der Waals surface area contributed by atoms with E-state index in [2.05, 4.69) is 5.32 Å². The van der Waals surface area contributed by atoms with E-state index in [4.69, 9.17) is 0 Å². The molecule has 0 fully saturated rings. The van der Waals surface area contributed by atoms with Crippen LogP contribution in [0.5, 0.6) is 0 Å². The molecule has 2 aromatic carbocycles. The average Bonchev–Trinajstić information content (AvgIpc) is 2.82. The molecule has 132 valence electrons. The summed E-state index contributed by atoms with van der Waals surface area (Å²) in [6.45, 7) is 1.08. The first-order valence-corrected chi connectivity index (χ1v) is 7.48. The van der Waals surface area contributed by atoms with Crippen LogP contribution in [-0.2, 0) is 4.79 Å². The second kappa shape index (κ2) is 6.36. The topological polar surface area (TPSA) is 110 Å². The van der Waals surface area contributed by atoms with Crippen LogP contribution in [0.3, 0.4) is 0 Å². The van der Waals surface area contributed by atoms with Gasteiger partial charge in [0.05, 0.1) is 16.1 Å². The quantitative estimate of drug-likeness (QED) is 0.513. The molecule has 0 atom stereocenters. The maximum absolute atomic E-state index is 13.3. The van der Waals surface area contributed by atoms with Gasteiger partial charge < -0.3 is 5.32 Å². The molecule has 1 heterocycles. The molecular weight excluding hydrogens is 345 g/mol. The predicted octanol–water partition coefficient (Wildman–Crippen LogP) is 2.28. The largest absolute Gasteiger partial charge is 0.324 e. The molecule has 0 unspecified atom stereocenters. The van der Waals surface area contributed by atoms with Crippen LogP contribution >= 0.6 is 0 Å². The molecule has 1 aliphatic heterocycles. The number of rotatable bonds is 4. The van der Waals surface area contributed by atoms with Gasteiger partial charge in [-0.15, -0.1) is 0 Å². The van der Waals surface area contributed by atoms with Crippen molar-refractivity contribution in [2.45, 2.75) is 6.92 Å². The van der Waals surface area contributed by atoms with Crippen LogP contribution in [0.15, 0.2) is 36.4 Å². The van der Waals surface area contributed by atoms with Crippen molar-refractivity contribution in [2.24, 2.45) is 0 Å². The van der Waals surface area contributed by atoms with Gasteiger partial charge in [0.2, 0.25) is 5.91 Å². The van der Waals surface area contributed by atoms with Crippen molar-refractivity contribution in [3.8, 4) is 0 Å². The number of non-ortho nitro benzene ring substituents is 1. The van der Waals surface area contributed by atoms with Gasteiger partial charge in [-0.05, 0) is 30.7 Å². The lowest BCUT2D eigenvalue weighted by Crippen LogP contribution is -2.37. The van der Waals surface area contributed by atoms with E-state index in [0.717, 1.165) is 18.2 Å². The summed E-state index contributed by atoms with van der Waals surface area (Å²) in [7, 11) is 0. The SMILES string of the molecule is Cc1ccc(F)cc1NC(=O)CN1C(=O)c2ccc([N+](=O)[O-])cc2C1=O. The Kier molecular flexibility index (Phi) is 4.21. The van der Waals surface area contributed by atoms with Crippen molar-refractivity contribution in [3.63, 3.8) is 0 Å². The molecule has 1 aliphatic rings. The Morgan fingerprint density at radius 3 is 2.54 bits per heavy atom. The van der Waals surface area contributed by atoms with E-state index < -0.39 is 35.0 Å². The summed E-state index contributed by atoms with van der Waals surface area (Å²) < 4.78 is 13.3. The number of nitrogens with zero attached hydrogens (tertiary/aromatic N) is 2. The van der Waals surface area contributed by atoms with Gasteiger partial charge in [0.25, 0.3) is 17.5 Å². The highest BCUT2D eigenvalue weighted by molar-refractivity contribution is 6.23. The third kappa shape index (κ3) is 3.02. The highest BCUT2D eigenvalue weighted by Crippen LogP contribution is 2.26. The molecule has 8 nitrogen and oxygen atoms in total. The first kappa shape index (κ1) is 17.2. The van der Waals surface area contributed by atoms with Crippen LogP contribution in [0, 0.1) is 22.9 Å². The Balaban J connectivity index is 1.79. The number of carbonyl (C=O) groups excluding carboxylic acids is 3. The monoisotopic (exact) mass is 357 g/mol. The van der Waals surface area contributed by atoms with Gasteiger partial charge in [-0.1, -0.05) is 6.07 Å². The van der Waals surface area contributed by atoms with Gasteiger partial charge in [0, 0.05) is 17.8 Å². The fourth-order valence-corrected chi connectivity index (χ4v) is 2.60. The molecule has 1 N–H and O–H groups in total. The van der Waals surface area contributed by atoms with E-state index >= 15 is 0 Å². The van der Waals surface area contributed by atoms with Crippen LogP contribution in [0.2, 0.25) is 0 Å². The average molecular weight is 357 g/mol. The minimum atomic E-state index is -0.792. The Morgan fingerprint density at radius 2 is 1.85 bits per heavy atom. The summed E-state index contributed by atoms with van der Waals surface area (Å²) in [4.78, 5) is 47.6. The normalized spacial score (nSPS) is 12.9. The number of nitro groups is 1. The number of nitrogens with one attached hydrogen (secondary N) is 1. The third-order valence-corrected chi connectivity index (χ3v) is 3.94. The highest BCUT2D eigenvalue weighted by atomic mass is 19.1. The van der Waals surface area contributed by atoms with Crippen molar-refractivity contribution >= 4 is 29.1 Å². The minimum Gasteiger partial charge on any atom is -0.324 e. The zero-order valence-corrected chi connectivity index (χ0v) is 13.5. The molecular formula is C17H12FN3O5. The van der Waals surface area contributed by atoms with Gasteiger partial charge in [-0.3, -0.25) is 29.4 Å². The molecule has 0 aromatic heterocycles. The van der Waals surface area contributed by atoms with E-state index in [0.29, 0.717) is 10.5 Å². The Hall–Kier alpha value is -3.62. The van der Waals surface area contributed by atoms with Gasteiger partial charge >= 0.3 is 0 Å². The summed E-state index contributed by atoms with van der Waals surface area (Å²) in [5.41, 5.74) is 0.376. The number of aryl methyl sites for hydroxylation is 1. The fourth-order valence-electron chi connectivity index (χ4n) is 2.60.